The van der Waals surface area contributed by atoms with E-state index in [-0.39, 0.29) is 74.9 Å². The number of ether oxygens (including phenoxy) is 3. The van der Waals surface area contributed by atoms with Crippen LogP contribution in [0.25, 0.3) is 0 Å². The van der Waals surface area contributed by atoms with Crippen LogP contribution in [-0.2, 0) is 44.8 Å². The maximum Gasteiger partial charge on any atom is 0.407 e. The number of benzene rings is 1. The average molecular weight is 1110 g/mol. The molecule has 21 heteroatoms. The lowest BCUT2D eigenvalue weighted by Crippen LogP contribution is -2.60. The van der Waals surface area contributed by atoms with Crippen molar-refractivity contribution in [1.29, 1.82) is 0 Å². The molecule has 1 heterocycles. The van der Waals surface area contributed by atoms with Crippen molar-refractivity contribution in [1.82, 2.24) is 16.0 Å². The number of hydrogen-bond donors (Lipinski definition) is 10. The summed E-state index contributed by atoms with van der Waals surface area (Å²) in [5.74, 6) is -2.50. The van der Waals surface area contributed by atoms with E-state index in [1.54, 1.807) is 24.3 Å². The zero-order chi connectivity index (χ0) is 57.8. The number of unbranched alkanes of at least 4 members (excludes halogenated alkanes) is 14. The molecule has 11 N–H and O–H groups in total. The van der Waals surface area contributed by atoms with Crippen molar-refractivity contribution in [3.05, 3.63) is 29.8 Å². The molecule has 0 radical (unpaired) electrons. The number of amides is 5. The Hall–Kier alpha value is -4.77. The monoisotopic (exact) mass is 1110 g/mol. The smallest absolute Gasteiger partial charge is 0.407 e. The summed E-state index contributed by atoms with van der Waals surface area (Å²) in [6, 6.07) is 3.88. The van der Waals surface area contributed by atoms with Crippen LogP contribution in [0.2, 0.25) is 0 Å². The van der Waals surface area contributed by atoms with Crippen molar-refractivity contribution >= 4 is 46.9 Å². The van der Waals surface area contributed by atoms with Gasteiger partial charge in [-0.2, -0.15) is 0 Å². The molecule has 446 valence electrons. The number of hydrogen-bond acceptors (Lipinski definition) is 16. The third kappa shape index (κ3) is 29.4. The van der Waals surface area contributed by atoms with Gasteiger partial charge in [-0.15, -0.1) is 0 Å². The summed E-state index contributed by atoms with van der Waals surface area (Å²) in [6.45, 7) is 9.87. The first kappa shape index (κ1) is 69.3. The van der Waals surface area contributed by atoms with Crippen LogP contribution >= 0.6 is 0 Å². The number of Topliss-reactive ketones (excluding diaryl/α,β-unsaturated/α-hetero) is 2. The van der Waals surface area contributed by atoms with Crippen LogP contribution in [0.4, 0.5) is 15.3 Å². The Bertz CT molecular complexity index is 1910. The molecule has 0 aromatic heterocycles. The molecule has 0 aliphatic carbocycles. The number of alkyl carbamates (subject to hydrolysis) is 1. The van der Waals surface area contributed by atoms with Crippen molar-refractivity contribution in [2.45, 2.75) is 238 Å². The van der Waals surface area contributed by atoms with E-state index in [0.29, 0.717) is 36.9 Å². The van der Waals surface area contributed by atoms with E-state index in [0.717, 1.165) is 50.7 Å². The number of oxime groups is 1. The minimum absolute atomic E-state index is 0.0636. The summed E-state index contributed by atoms with van der Waals surface area (Å²) in [5, 5.41) is 67.2. The van der Waals surface area contributed by atoms with Gasteiger partial charge in [0.05, 0.1) is 37.1 Å². The lowest BCUT2D eigenvalue weighted by Gasteiger charge is -2.40. The number of primary amides is 1. The van der Waals surface area contributed by atoms with Crippen LogP contribution in [0.5, 0.6) is 0 Å². The molecule has 78 heavy (non-hydrogen) atoms. The summed E-state index contributed by atoms with van der Waals surface area (Å²) in [4.78, 5) is 81.3. The van der Waals surface area contributed by atoms with Gasteiger partial charge in [-0.05, 0) is 81.9 Å². The van der Waals surface area contributed by atoms with E-state index in [2.05, 4.69) is 33.3 Å². The Labute approximate surface area is 463 Å². The number of aliphatic hydroxyl groups is 5. The summed E-state index contributed by atoms with van der Waals surface area (Å²) in [5.41, 5.74) is 6.97. The van der Waals surface area contributed by atoms with Gasteiger partial charge < -0.3 is 71.6 Å². The zero-order valence-electron chi connectivity index (χ0n) is 47.6. The molecule has 10 atom stereocenters. The molecule has 21 nitrogen and oxygen atoms in total. The van der Waals surface area contributed by atoms with E-state index in [1.165, 1.54) is 58.3 Å². The fourth-order valence-electron chi connectivity index (χ4n) is 9.19. The third-order valence-electron chi connectivity index (χ3n) is 14.0. The molecule has 2 unspecified atom stereocenters. The first-order valence-electron chi connectivity index (χ1n) is 28.7. The predicted octanol–water partition coefficient (Wildman–Crippen LogP) is 6.61. The molecule has 2 rings (SSSR count). The average Bonchev–Trinajstić information content (AvgIpc) is 3.40. The summed E-state index contributed by atoms with van der Waals surface area (Å²) in [6.07, 6.45) is 9.71. The maximum absolute atomic E-state index is 13.8. The van der Waals surface area contributed by atoms with Crippen molar-refractivity contribution < 1.29 is 73.3 Å². The van der Waals surface area contributed by atoms with E-state index in [4.69, 9.17) is 24.8 Å². The molecular weight excluding hydrogens is 1010 g/mol. The number of aliphatic hydroxyl groups excluding tert-OH is 5. The minimum Gasteiger partial charge on any atom is -0.445 e. The van der Waals surface area contributed by atoms with Crippen LogP contribution in [0.1, 0.15) is 188 Å². The van der Waals surface area contributed by atoms with Gasteiger partial charge in [0.15, 0.2) is 24.5 Å². The molecule has 1 aliphatic heterocycles. The topological polar surface area (TPSA) is 327 Å². The number of carbonyl (C=O) groups excluding carboxylic acids is 6. The van der Waals surface area contributed by atoms with Crippen LogP contribution in [0, 0.1) is 17.8 Å². The molecule has 1 saturated heterocycles. The van der Waals surface area contributed by atoms with Gasteiger partial charge in [-0.3, -0.25) is 19.2 Å². The molecule has 1 fully saturated rings. The highest BCUT2D eigenvalue weighted by molar-refractivity contribution is 5.97. The standard InChI is InChI=1S/C57H98N6O15/c1-7-8-9-10-11-12-13-14-15-16-17-20-24-39(4)50(68)45(37-75-55-53(71)52(70)51(69)47(34-64)78-55)61-57(74)76-36-42-28-30-44(31-29-42)60-54(72)43(26-23-32-59-56(58)73)33-46(66)49(38(2)3)62-48(67)27-22-19-18-21-25-40(5)63-77-35-41(6)65/h28-31,38-39,43,45,47,49-53,55,64,68-71H,7-27,32-37H2,1-6H3,(H,60,72)(H,61,74)(H,62,67)(H3,58,59,73)/b63-40+/t39-,43-,45+,47?,49+,50-,51+,52+,53?,55+/m1/s1. The first-order chi connectivity index (χ1) is 37.3. The third-order valence-corrected chi connectivity index (χ3v) is 14.0. The van der Waals surface area contributed by atoms with E-state index in [1.807, 2.05) is 27.7 Å². The molecular formula is C57H98N6O15. The Balaban J connectivity index is 2.02. The number of urea groups is 1. The Morgan fingerprint density at radius 2 is 1.36 bits per heavy atom. The molecule has 1 aromatic carbocycles. The number of anilines is 1. The highest BCUT2D eigenvalue weighted by Gasteiger charge is 2.44. The van der Waals surface area contributed by atoms with Gasteiger partial charge in [-0.25, -0.2) is 9.59 Å². The number of nitrogens with two attached hydrogens (primary N) is 1. The van der Waals surface area contributed by atoms with Crippen molar-refractivity contribution in [2.75, 3.05) is 31.7 Å². The Morgan fingerprint density at radius 1 is 0.756 bits per heavy atom. The van der Waals surface area contributed by atoms with E-state index < -0.39 is 79.4 Å². The van der Waals surface area contributed by atoms with Crippen molar-refractivity contribution in [3.8, 4) is 0 Å². The van der Waals surface area contributed by atoms with Crippen LogP contribution in [-0.4, -0.2) is 142 Å². The second kappa shape index (κ2) is 40.4. The SMILES string of the molecule is CCCCCCCCCCCCCC[C@@H](C)[C@@H](O)[C@H](CO[C@H]1OC(CO)[C@H](O)[C@H](O)C1O)NC(=O)OCc1ccc(NC(=O)[C@H](CCCNC(N)=O)CC(=O)[C@@H](NC(=O)CCCCCC/C(C)=N/OCC(C)=O)C(C)C)cc1. The van der Waals surface area contributed by atoms with Crippen LogP contribution in [0.15, 0.2) is 29.4 Å². The lowest BCUT2D eigenvalue weighted by atomic mass is 9.89. The van der Waals surface area contributed by atoms with Gasteiger partial charge >= 0.3 is 12.1 Å². The van der Waals surface area contributed by atoms with Crippen molar-refractivity contribution in [2.24, 2.45) is 28.6 Å². The number of nitrogens with one attached hydrogen (secondary N) is 4. The minimum atomic E-state index is -1.68. The molecule has 0 spiro atoms. The largest absolute Gasteiger partial charge is 0.445 e. The van der Waals surface area contributed by atoms with Gasteiger partial charge in [0.2, 0.25) is 11.8 Å². The van der Waals surface area contributed by atoms with Crippen LogP contribution < -0.4 is 27.0 Å². The number of carbonyl (C=O) groups is 6. The number of ketones is 2. The fourth-order valence-corrected chi connectivity index (χ4v) is 9.19. The lowest BCUT2D eigenvalue weighted by molar-refractivity contribution is -0.303. The van der Waals surface area contributed by atoms with Crippen LogP contribution in [0.3, 0.4) is 0 Å². The number of nitrogens with zero attached hydrogens (tertiary/aromatic N) is 1. The summed E-state index contributed by atoms with van der Waals surface area (Å²) < 4.78 is 16.8. The van der Waals surface area contributed by atoms with Crippen molar-refractivity contribution in [3.63, 3.8) is 0 Å². The first-order valence-corrected chi connectivity index (χ1v) is 28.7. The highest BCUT2D eigenvalue weighted by atomic mass is 16.7. The quantitative estimate of drug-likeness (QED) is 0.0187. The number of rotatable bonds is 43. The second-order valence-electron chi connectivity index (χ2n) is 21.5. The highest BCUT2D eigenvalue weighted by Crippen LogP contribution is 2.25. The fraction of sp³-hybridized carbons (Fsp3) is 0.772. The van der Waals surface area contributed by atoms with E-state index >= 15 is 0 Å². The Morgan fingerprint density at radius 3 is 1.95 bits per heavy atom. The summed E-state index contributed by atoms with van der Waals surface area (Å²) >= 11 is 0. The molecule has 0 bridgehead atoms. The maximum atomic E-state index is 13.8. The second-order valence-corrected chi connectivity index (χ2v) is 21.5. The van der Waals surface area contributed by atoms with Gasteiger partial charge in [-0.1, -0.05) is 135 Å². The van der Waals surface area contributed by atoms with Gasteiger partial charge in [0.25, 0.3) is 0 Å². The predicted molar refractivity (Wildman–Crippen MR) is 297 cm³/mol. The zero-order valence-corrected chi connectivity index (χ0v) is 47.6. The van der Waals surface area contributed by atoms with Gasteiger partial charge in [0, 0.05) is 31.0 Å². The molecule has 0 saturated carbocycles. The molecule has 1 aromatic rings. The summed E-state index contributed by atoms with van der Waals surface area (Å²) in [7, 11) is 0. The van der Waals surface area contributed by atoms with E-state index in [9.17, 15) is 54.3 Å². The normalized spacial score (nSPS) is 19.5. The molecule has 5 amide bonds. The van der Waals surface area contributed by atoms with Gasteiger partial charge in [0.1, 0.15) is 31.0 Å². The molecule has 1 aliphatic rings. The Kier molecular flexibility index (Phi) is 35.9.